The molecule has 0 aromatic carbocycles. The van der Waals surface area contributed by atoms with Gasteiger partial charge in [0.15, 0.2) is 5.69 Å². The van der Waals surface area contributed by atoms with Crippen LogP contribution in [0.25, 0.3) is 0 Å². The predicted molar refractivity (Wildman–Crippen MR) is 56.4 cm³/mol. The fraction of sp³-hybridized carbons (Fsp3) is 0.444. The number of nitrogens with zero attached hydrogens (tertiary/aromatic N) is 3. The van der Waals surface area contributed by atoms with Gasteiger partial charge < -0.3 is 16.4 Å². The summed E-state index contributed by atoms with van der Waals surface area (Å²) in [5.41, 5.74) is 10.9. The number of primary amides is 1. The summed E-state index contributed by atoms with van der Waals surface area (Å²) in [4.78, 5) is 24.3. The number of nitrogens with two attached hydrogens (primary N) is 2. The molecule has 16 heavy (non-hydrogen) atoms. The predicted octanol–water partition coefficient (Wildman–Crippen LogP) is -1.03. The average Bonchev–Trinajstić information content (AvgIpc) is 2.73. The van der Waals surface area contributed by atoms with Gasteiger partial charge in [0.05, 0.1) is 5.69 Å². The van der Waals surface area contributed by atoms with E-state index in [-0.39, 0.29) is 23.3 Å². The number of carbonyl (C=O) groups is 2. The van der Waals surface area contributed by atoms with E-state index in [0.717, 1.165) is 0 Å². The minimum absolute atomic E-state index is 0.0161. The number of anilines is 1. The molecule has 7 heteroatoms. The first-order chi connectivity index (χ1) is 7.50. The van der Waals surface area contributed by atoms with E-state index < -0.39 is 5.91 Å². The Bertz CT molecular complexity index is 453. The van der Waals surface area contributed by atoms with Crippen LogP contribution in [0, 0.1) is 0 Å². The molecule has 1 aliphatic rings. The molecule has 1 unspecified atom stereocenters. The lowest BCUT2D eigenvalue weighted by molar-refractivity contribution is -0.129. The summed E-state index contributed by atoms with van der Waals surface area (Å²) in [5.74, 6) is -0.714. The van der Waals surface area contributed by atoms with Gasteiger partial charge in [0.1, 0.15) is 6.04 Å². The summed E-state index contributed by atoms with van der Waals surface area (Å²) in [5, 5.41) is 3.95. The van der Waals surface area contributed by atoms with Gasteiger partial charge in [-0.2, -0.15) is 5.10 Å². The zero-order valence-electron chi connectivity index (χ0n) is 8.88. The summed E-state index contributed by atoms with van der Waals surface area (Å²) >= 11 is 0. The zero-order chi connectivity index (χ0) is 11.9. The second-order valence-electron chi connectivity index (χ2n) is 3.84. The molecule has 1 aromatic heterocycles. The van der Waals surface area contributed by atoms with E-state index in [1.165, 1.54) is 10.9 Å². The van der Waals surface area contributed by atoms with Crippen LogP contribution in [-0.4, -0.2) is 40.1 Å². The van der Waals surface area contributed by atoms with Crippen molar-refractivity contribution in [1.29, 1.82) is 0 Å². The second-order valence-corrected chi connectivity index (χ2v) is 3.84. The van der Waals surface area contributed by atoms with E-state index in [0.29, 0.717) is 13.0 Å². The van der Waals surface area contributed by atoms with E-state index in [4.69, 9.17) is 11.5 Å². The molecule has 0 aliphatic carbocycles. The van der Waals surface area contributed by atoms with Gasteiger partial charge in [-0.05, 0) is 6.42 Å². The van der Waals surface area contributed by atoms with Crippen molar-refractivity contribution in [3.63, 3.8) is 0 Å². The molecule has 86 valence electrons. The zero-order valence-corrected chi connectivity index (χ0v) is 8.88. The summed E-state index contributed by atoms with van der Waals surface area (Å²) in [6, 6.07) is -0.375. The maximum atomic E-state index is 11.7. The van der Waals surface area contributed by atoms with Crippen molar-refractivity contribution in [2.24, 2.45) is 5.73 Å². The van der Waals surface area contributed by atoms with Gasteiger partial charge in [0.2, 0.25) is 5.91 Å². The molecule has 1 fully saturated rings. The number of hydrogen-bond donors (Lipinski definition) is 2. The minimum Gasteiger partial charge on any atom is -0.396 e. The molecule has 0 spiro atoms. The Hall–Kier alpha value is -2.05. The third-order valence-electron chi connectivity index (χ3n) is 2.71. The highest BCUT2D eigenvalue weighted by Crippen LogP contribution is 2.23. The molecule has 2 amide bonds. The molecule has 0 radical (unpaired) electrons. The summed E-state index contributed by atoms with van der Waals surface area (Å²) in [6.45, 7) is 0.676. The van der Waals surface area contributed by atoms with Crippen molar-refractivity contribution < 1.29 is 9.59 Å². The Morgan fingerprint density at radius 3 is 2.75 bits per heavy atom. The van der Waals surface area contributed by atoms with Gasteiger partial charge >= 0.3 is 0 Å². The Morgan fingerprint density at radius 2 is 2.31 bits per heavy atom. The highest BCUT2D eigenvalue weighted by atomic mass is 16.2. The van der Waals surface area contributed by atoms with E-state index in [1.54, 1.807) is 11.9 Å². The Morgan fingerprint density at radius 1 is 1.62 bits per heavy atom. The number of amides is 2. The van der Waals surface area contributed by atoms with Gasteiger partial charge in [0.25, 0.3) is 5.91 Å². The van der Waals surface area contributed by atoms with Crippen molar-refractivity contribution in [2.45, 2.75) is 12.5 Å². The van der Waals surface area contributed by atoms with Crippen molar-refractivity contribution in [3.05, 3.63) is 11.9 Å². The van der Waals surface area contributed by atoms with Crippen LogP contribution in [0.15, 0.2) is 6.20 Å². The van der Waals surface area contributed by atoms with Gasteiger partial charge in [-0.1, -0.05) is 0 Å². The van der Waals surface area contributed by atoms with Crippen molar-refractivity contribution >= 4 is 17.5 Å². The molecule has 1 saturated heterocycles. The smallest absolute Gasteiger partial charge is 0.271 e. The molecule has 0 bridgehead atoms. The number of carbonyl (C=O) groups excluding carboxylic acids is 2. The monoisotopic (exact) mass is 223 g/mol. The third-order valence-corrected chi connectivity index (χ3v) is 2.71. The lowest BCUT2D eigenvalue weighted by Gasteiger charge is -2.09. The first-order valence-corrected chi connectivity index (χ1v) is 4.90. The fourth-order valence-electron chi connectivity index (χ4n) is 1.81. The molecule has 2 heterocycles. The molecular weight excluding hydrogens is 210 g/mol. The van der Waals surface area contributed by atoms with Crippen LogP contribution in [-0.2, 0) is 4.79 Å². The minimum atomic E-state index is -0.685. The maximum absolute atomic E-state index is 11.7. The number of rotatable bonds is 2. The molecule has 0 saturated carbocycles. The van der Waals surface area contributed by atoms with Crippen LogP contribution in [0.5, 0.6) is 0 Å². The Kier molecular flexibility index (Phi) is 2.30. The molecule has 1 aliphatic heterocycles. The first kappa shape index (κ1) is 10.5. The first-order valence-electron chi connectivity index (χ1n) is 4.90. The van der Waals surface area contributed by atoms with Crippen LogP contribution in [0.1, 0.15) is 23.0 Å². The largest absolute Gasteiger partial charge is 0.396 e. The van der Waals surface area contributed by atoms with E-state index in [9.17, 15) is 9.59 Å². The molecule has 2 rings (SSSR count). The van der Waals surface area contributed by atoms with Crippen LogP contribution in [0.2, 0.25) is 0 Å². The Labute approximate surface area is 92.0 Å². The quantitative estimate of drug-likeness (QED) is 0.668. The van der Waals surface area contributed by atoms with Crippen molar-refractivity contribution in [1.82, 2.24) is 14.7 Å². The fourth-order valence-corrected chi connectivity index (χ4v) is 1.81. The second kappa shape index (κ2) is 3.51. The highest BCUT2D eigenvalue weighted by Gasteiger charge is 2.32. The highest BCUT2D eigenvalue weighted by molar-refractivity contribution is 5.95. The van der Waals surface area contributed by atoms with Gasteiger partial charge in [0, 0.05) is 19.8 Å². The molecular formula is C9H13N5O2. The summed E-state index contributed by atoms with van der Waals surface area (Å²) in [6.07, 6.45) is 2.14. The summed E-state index contributed by atoms with van der Waals surface area (Å²) in [7, 11) is 1.73. The lowest BCUT2D eigenvalue weighted by atomic mass is 10.2. The van der Waals surface area contributed by atoms with Crippen molar-refractivity contribution in [3.8, 4) is 0 Å². The van der Waals surface area contributed by atoms with Gasteiger partial charge in [-0.25, -0.2) is 0 Å². The number of likely N-dealkylation sites (tertiary alicyclic amines) is 1. The normalized spacial score (nSPS) is 20.4. The lowest BCUT2D eigenvalue weighted by Crippen LogP contribution is -2.25. The number of nitrogen functional groups attached to an aromatic ring is 1. The van der Waals surface area contributed by atoms with Crippen LogP contribution in [0.4, 0.5) is 5.69 Å². The maximum Gasteiger partial charge on any atom is 0.271 e. The topological polar surface area (TPSA) is 107 Å². The molecule has 7 nitrogen and oxygen atoms in total. The van der Waals surface area contributed by atoms with Crippen LogP contribution < -0.4 is 11.5 Å². The number of likely N-dealkylation sites (N-methyl/N-ethyl adjacent to an activating group) is 1. The van der Waals surface area contributed by atoms with E-state index in [2.05, 4.69) is 5.10 Å². The summed E-state index contributed by atoms with van der Waals surface area (Å²) < 4.78 is 1.42. The number of hydrogen-bond acceptors (Lipinski definition) is 4. The molecule has 4 N–H and O–H groups in total. The van der Waals surface area contributed by atoms with E-state index >= 15 is 0 Å². The van der Waals surface area contributed by atoms with Gasteiger partial charge in [-0.3, -0.25) is 14.3 Å². The third kappa shape index (κ3) is 1.50. The average molecular weight is 223 g/mol. The molecule has 1 aromatic rings. The number of aromatic nitrogens is 2. The van der Waals surface area contributed by atoms with Crippen LogP contribution in [0.3, 0.4) is 0 Å². The SMILES string of the molecule is CN1CCC(n2cc(N)c(C(N)=O)n2)C1=O. The van der Waals surface area contributed by atoms with Gasteiger partial charge in [-0.15, -0.1) is 0 Å². The van der Waals surface area contributed by atoms with Crippen LogP contribution >= 0.6 is 0 Å². The Balaban J connectivity index is 2.32. The van der Waals surface area contributed by atoms with Crippen molar-refractivity contribution in [2.75, 3.05) is 19.3 Å². The van der Waals surface area contributed by atoms with E-state index in [1.807, 2.05) is 0 Å². The molecule has 1 atom stereocenters. The standard InChI is InChI=1S/C9H13N5O2/c1-13-3-2-6(9(13)16)14-4-5(10)7(12-14)8(11)15/h4,6H,2-3,10H2,1H3,(H2,11,15).